The van der Waals surface area contributed by atoms with Crippen molar-refractivity contribution in [2.45, 2.75) is 26.0 Å². The van der Waals surface area contributed by atoms with Crippen LogP contribution in [0.1, 0.15) is 23.1 Å². The van der Waals surface area contributed by atoms with Gasteiger partial charge in [0, 0.05) is 12.3 Å². The predicted octanol–water partition coefficient (Wildman–Crippen LogP) is 3.51. The molecule has 0 spiro atoms. The Labute approximate surface area is 172 Å². The second kappa shape index (κ2) is 10.5. The standard InChI is InChI=1S/C21H28N2O3S2/c1-17-9-11-20(12-10-17)23(28(3,25)26)15-21(24)22-13-6-14-27-16-19-8-5-4-7-18(19)2/h4-5,7-12H,6,13-16H2,1-3H3,(H,22,24). The minimum absolute atomic E-state index is 0.210. The zero-order valence-corrected chi connectivity index (χ0v) is 18.3. The van der Waals surface area contributed by atoms with Gasteiger partial charge in [-0.15, -0.1) is 0 Å². The van der Waals surface area contributed by atoms with Crippen LogP contribution >= 0.6 is 11.8 Å². The fourth-order valence-corrected chi connectivity index (χ4v) is 4.55. The quantitative estimate of drug-likeness (QED) is 0.598. The molecule has 2 rings (SSSR count). The molecular formula is C21H28N2O3S2. The lowest BCUT2D eigenvalue weighted by Crippen LogP contribution is -2.40. The van der Waals surface area contributed by atoms with E-state index in [0.29, 0.717) is 12.2 Å². The summed E-state index contributed by atoms with van der Waals surface area (Å²) in [6, 6.07) is 15.4. The van der Waals surface area contributed by atoms with Gasteiger partial charge in [-0.25, -0.2) is 8.42 Å². The SMILES string of the molecule is Cc1ccc(N(CC(=O)NCCCSCc2ccccc2C)S(C)(=O)=O)cc1. The Morgan fingerprint density at radius 3 is 2.39 bits per heavy atom. The maximum atomic E-state index is 12.2. The van der Waals surface area contributed by atoms with E-state index in [4.69, 9.17) is 0 Å². The molecule has 0 heterocycles. The summed E-state index contributed by atoms with van der Waals surface area (Å²) in [4.78, 5) is 12.2. The number of nitrogens with one attached hydrogen (secondary N) is 1. The van der Waals surface area contributed by atoms with E-state index in [9.17, 15) is 13.2 Å². The molecule has 5 nitrogen and oxygen atoms in total. The summed E-state index contributed by atoms with van der Waals surface area (Å²) in [6.07, 6.45) is 1.95. The van der Waals surface area contributed by atoms with Gasteiger partial charge in [0.05, 0.1) is 11.9 Å². The first-order chi connectivity index (χ1) is 13.3. The Morgan fingerprint density at radius 2 is 1.75 bits per heavy atom. The molecule has 1 amide bonds. The van der Waals surface area contributed by atoms with Crippen LogP contribution in [0.4, 0.5) is 5.69 Å². The lowest BCUT2D eigenvalue weighted by atomic mass is 10.1. The van der Waals surface area contributed by atoms with Crippen molar-refractivity contribution in [2.75, 3.05) is 29.4 Å². The lowest BCUT2D eigenvalue weighted by molar-refractivity contribution is -0.119. The first-order valence-corrected chi connectivity index (χ1v) is 12.2. The fraction of sp³-hybridized carbons (Fsp3) is 0.381. The highest BCUT2D eigenvalue weighted by molar-refractivity contribution is 7.98. The summed E-state index contributed by atoms with van der Waals surface area (Å²) in [5.41, 5.74) is 4.15. The molecule has 0 bridgehead atoms. The largest absolute Gasteiger partial charge is 0.354 e. The maximum Gasteiger partial charge on any atom is 0.240 e. The number of amides is 1. The number of nitrogens with zero attached hydrogens (tertiary/aromatic N) is 1. The van der Waals surface area contributed by atoms with Gasteiger partial charge < -0.3 is 5.32 Å². The predicted molar refractivity (Wildman–Crippen MR) is 118 cm³/mol. The van der Waals surface area contributed by atoms with Crippen LogP contribution < -0.4 is 9.62 Å². The molecule has 7 heteroatoms. The average Bonchev–Trinajstić information content (AvgIpc) is 2.64. The van der Waals surface area contributed by atoms with E-state index in [1.807, 2.05) is 43.0 Å². The highest BCUT2D eigenvalue weighted by Gasteiger charge is 2.20. The molecular weight excluding hydrogens is 392 g/mol. The molecule has 0 aromatic heterocycles. The molecule has 0 radical (unpaired) electrons. The number of sulfonamides is 1. The monoisotopic (exact) mass is 420 g/mol. The number of anilines is 1. The highest BCUT2D eigenvalue weighted by Crippen LogP contribution is 2.18. The van der Waals surface area contributed by atoms with Crippen LogP contribution in [0.15, 0.2) is 48.5 Å². The fourth-order valence-electron chi connectivity index (χ4n) is 2.65. The second-order valence-electron chi connectivity index (χ2n) is 6.79. The molecule has 0 aliphatic carbocycles. The molecule has 0 aliphatic rings. The van der Waals surface area contributed by atoms with Gasteiger partial charge >= 0.3 is 0 Å². The molecule has 0 fully saturated rings. The molecule has 0 aliphatic heterocycles. The zero-order valence-electron chi connectivity index (χ0n) is 16.6. The molecule has 1 N–H and O–H groups in total. The number of benzene rings is 2. The third-order valence-corrected chi connectivity index (χ3v) is 6.55. The van der Waals surface area contributed by atoms with Gasteiger partial charge in [0.25, 0.3) is 0 Å². The molecule has 0 saturated heterocycles. The van der Waals surface area contributed by atoms with Crippen LogP contribution in [0, 0.1) is 13.8 Å². The van der Waals surface area contributed by atoms with Gasteiger partial charge in [-0.3, -0.25) is 9.10 Å². The van der Waals surface area contributed by atoms with Crippen molar-refractivity contribution in [1.29, 1.82) is 0 Å². The third-order valence-electron chi connectivity index (χ3n) is 4.32. The van der Waals surface area contributed by atoms with Crippen molar-refractivity contribution < 1.29 is 13.2 Å². The zero-order chi connectivity index (χ0) is 20.6. The normalized spacial score (nSPS) is 11.2. The van der Waals surface area contributed by atoms with Crippen LogP contribution in [-0.2, 0) is 20.6 Å². The molecule has 2 aromatic carbocycles. The van der Waals surface area contributed by atoms with Gasteiger partial charge in [-0.05, 0) is 49.3 Å². The van der Waals surface area contributed by atoms with E-state index in [2.05, 4.69) is 24.4 Å². The number of hydrogen-bond donors (Lipinski definition) is 1. The average molecular weight is 421 g/mol. The van der Waals surface area contributed by atoms with Crippen molar-refractivity contribution in [2.24, 2.45) is 0 Å². The van der Waals surface area contributed by atoms with Gasteiger partial charge in [-0.1, -0.05) is 42.0 Å². The molecule has 152 valence electrons. The molecule has 0 unspecified atom stereocenters. The first-order valence-electron chi connectivity index (χ1n) is 9.20. The molecule has 28 heavy (non-hydrogen) atoms. The number of hydrogen-bond acceptors (Lipinski definition) is 4. The summed E-state index contributed by atoms with van der Waals surface area (Å²) in [5.74, 6) is 1.59. The van der Waals surface area contributed by atoms with Crippen LogP contribution in [0.25, 0.3) is 0 Å². The maximum absolute atomic E-state index is 12.2. The Bertz CT molecular complexity index is 881. The van der Waals surface area contributed by atoms with E-state index < -0.39 is 10.0 Å². The number of rotatable bonds is 10. The van der Waals surface area contributed by atoms with Crippen molar-refractivity contribution >= 4 is 33.4 Å². The summed E-state index contributed by atoms with van der Waals surface area (Å²) in [6.45, 7) is 4.36. The van der Waals surface area contributed by atoms with Crippen LogP contribution in [0.5, 0.6) is 0 Å². The smallest absolute Gasteiger partial charge is 0.240 e. The van der Waals surface area contributed by atoms with E-state index in [1.54, 1.807) is 12.1 Å². The summed E-state index contributed by atoms with van der Waals surface area (Å²) >= 11 is 1.83. The van der Waals surface area contributed by atoms with E-state index in [0.717, 1.165) is 34.1 Å². The summed E-state index contributed by atoms with van der Waals surface area (Å²) in [7, 11) is -3.53. The Balaban J connectivity index is 1.75. The van der Waals surface area contributed by atoms with Crippen molar-refractivity contribution in [3.05, 3.63) is 65.2 Å². The third kappa shape index (κ3) is 7.20. The topological polar surface area (TPSA) is 66.5 Å². The minimum atomic E-state index is -3.53. The summed E-state index contributed by atoms with van der Waals surface area (Å²) in [5, 5.41) is 2.82. The van der Waals surface area contributed by atoms with Crippen LogP contribution in [0.2, 0.25) is 0 Å². The molecule has 0 saturated carbocycles. The lowest BCUT2D eigenvalue weighted by Gasteiger charge is -2.22. The number of carbonyl (C=O) groups excluding carboxylic acids is 1. The number of aryl methyl sites for hydroxylation is 2. The second-order valence-corrected chi connectivity index (χ2v) is 9.80. The Hall–Kier alpha value is -1.99. The van der Waals surface area contributed by atoms with E-state index in [-0.39, 0.29) is 12.5 Å². The Morgan fingerprint density at radius 1 is 1.07 bits per heavy atom. The molecule has 2 aromatic rings. The van der Waals surface area contributed by atoms with Gasteiger partial charge in [0.15, 0.2) is 0 Å². The van der Waals surface area contributed by atoms with Crippen molar-refractivity contribution in [3.8, 4) is 0 Å². The number of carbonyl (C=O) groups is 1. The minimum Gasteiger partial charge on any atom is -0.354 e. The van der Waals surface area contributed by atoms with E-state index >= 15 is 0 Å². The van der Waals surface area contributed by atoms with Gasteiger partial charge in [0.1, 0.15) is 6.54 Å². The van der Waals surface area contributed by atoms with Crippen LogP contribution in [-0.4, -0.2) is 39.4 Å². The van der Waals surface area contributed by atoms with Gasteiger partial charge in [0.2, 0.25) is 15.9 Å². The van der Waals surface area contributed by atoms with Crippen molar-refractivity contribution in [1.82, 2.24) is 5.32 Å². The first kappa shape index (κ1) is 22.3. The van der Waals surface area contributed by atoms with E-state index in [1.165, 1.54) is 11.1 Å². The van der Waals surface area contributed by atoms with Crippen molar-refractivity contribution in [3.63, 3.8) is 0 Å². The summed E-state index contributed by atoms with van der Waals surface area (Å²) < 4.78 is 25.3. The highest BCUT2D eigenvalue weighted by atomic mass is 32.2. The molecule has 0 atom stereocenters. The number of thioether (sulfide) groups is 1. The van der Waals surface area contributed by atoms with Crippen LogP contribution in [0.3, 0.4) is 0 Å². The Kier molecular flexibility index (Phi) is 8.38. The van der Waals surface area contributed by atoms with Gasteiger partial charge in [-0.2, -0.15) is 11.8 Å².